The second-order valence-corrected chi connectivity index (χ2v) is 7.46. The highest BCUT2D eigenvalue weighted by Gasteiger charge is 2.31. The second kappa shape index (κ2) is 9.53. The van der Waals surface area contributed by atoms with Gasteiger partial charge >= 0.3 is 5.97 Å². The maximum atomic E-state index is 12.8. The Kier molecular flexibility index (Phi) is 7.35. The van der Waals surface area contributed by atoms with Gasteiger partial charge in [-0.3, -0.25) is 9.59 Å². The highest BCUT2D eigenvalue weighted by molar-refractivity contribution is 5.93. The molecule has 29 heavy (non-hydrogen) atoms. The van der Waals surface area contributed by atoms with Crippen LogP contribution in [0.3, 0.4) is 0 Å². The van der Waals surface area contributed by atoms with Crippen molar-refractivity contribution in [2.45, 2.75) is 51.4 Å². The molecule has 0 aliphatic carbocycles. The molecule has 9 heteroatoms. The number of fused-ring (bicyclic) bond motifs is 1. The number of carbonyl (C=O) groups excluding carboxylic acids is 2. The number of nitrogens with two attached hydrogens (primary N) is 1. The number of H-pyrrole nitrogens is 1. The van der Waals surface area contributed by atoms with E-state index in [1.807, 2.05) is 24.3 Å². The molecule has 0 aliphatic rings. The molecule has 158 valence electrons. The van der Waals surface area contributed by atoms with Gasteiger partial charge in [0.05, 0.1) is 12.1 Å². The standard InChI is InChI=1S/C20H28N4O5/c1-10(2)16(21)19(27)23-15(18(26)24-17(11(3)25)20(28)29)8-12-9-22-14-7-5-4-6-13(12)14/h4-7,9-11,15-17,22,25H,8,21H2,1-3H3,(H,23,27)(H,24,26)(H,28,29)/t11-,15+,16+,17+/m1/s1. The minimum atomic E-state index is -1.50. The molecule has 2 aromatic rings. The Hall–Kier alpha value is -2.91. The van der Waals surface area contributed by atoms with Crippen molar-refractivity contribution < 1.29 is 24.6 Å². The van der Waals surface area contributed by atoms with Gasteiger partial charge in [0.1, 0.15) is 6.04 Å². The summed E-state index contributed by atoms with van der Waals surface area (Å²) < 4.78 is 0. The number of nitrogens with one attached hydrogen (secondary N) is 3. The molecule has 0 saturated heterocycles. The molecule has 1 aromatic heterocycles. The van der Waals surface area contributed by atoms with Crippen LogP contribution in [-0.4, -0.2) is 57.2 Å². The van der Waals surface area contributed by atoms with E-state index < -0.39 is 42.0 Å². The molecule has 2 amide bonds. The molecule has 0 radical (unpaired) electrons. The molecule has 9 nitrogen and oxygen atoms in total. The van der Waals surface area contributed by atoms with Crippen LogP contribution < -0.4 is 16.4 Å². The Morgan fingerprint density at radius 1 is 1.10 bits per heavy atom. The second-order valence-electron chi connectivity index (χ2n) is 7.46. The van der Waals surface area contributed by atoms with Gasteiger partial charge in [0.25, 0.3) is 0 Å². The molecule has 4 atom stereocenters. The van der Waals surface area contributed by atoms with Crippen LogP contribution in [0.25, 0.3) is 10.9 Å². The van der Waals surface area contributed by atoms with Crippen LogP contribution in [0.5, 0.6) is 0 Å². The highest BCUT2D eigenvalue weighted by Crippen LogP contribution is 2.19. The Morgan fingerprint density at radius 3 is 2.34 bits per heavy atom. The Balaban J connectivity index is 2.28. The van der Waals surface area contributed by atoms with Gasteiger partial charge in [0, 0.05) is 23.5 Å². The van der Waals surface area contributed by atoms with Gasteiger partial charge in [-0.25, -0.2) is 4.79 Å². The van der Waals surface area contributed by atoms with Crippen LogP contribution in [-0.2, 0) is 20.8 Å². The number of aliphatic hydroxyl groups is 1. The van der Waals surface area contributed by atoms with E-state index in [2.05, 4.69) is 15.6 Å². The quantitative estimate of drug-likeness (QED) is 0.349. The number of para-hydroxylation sites is 1. The summed E-state index contributed by atoms with van der Waals surface area (Å²) in [6.45, 7) is 4.83. The van der Waals surface area contributed by atoms with Gasteiger partial charge in [-0.05, 0) is 24.5 Å². The number of hydrogen-bond donors (Lipinski definition) is 6. The first-order valence-electron chi connectivity index (χ1n) is 9.44. The molecule has 0 saturated carbocycles. The number of benzene rings is 1. The van der Waals surface area contributed by atoms with E-state index in [1.54, 1.807) is 20.0 Å². The number of carboxylic acid groups (broad SMARTS) is 1. The van der Waals surface area contributed by atoms with Crippen molar-refractivity contribution in [3.8, 4) is 0 Å². The average Bonchev–Trinajstić information content (AvgIpc) is 3.07. The summed E-state index contributed by atoms with van der Waals surface area (Å²) >= 11 is 0. The van der Waals surface area contributed by atoms with Gasteiger partial charge in [-0.2, -0.15) is 0 Å². The minimum absolute atomic E-state index is 0.124. The monoisotopic (exact) mass is 404 g/mol. The zero-order valence-corrected chi connectivity index (χ0v) is 16.7. The lowest BCUT2D eigenvalue weighted by molar-refractivity contribution is -0.145. The average molecular weight is 404 g/mol. The fourth-order valence-electron chi connectivity index (χ4n) is 2.94. The lowest BCUT2D eigenvalue weighted by atomic mass is 10.0. The molecular formula is C20H28N4O5. The Bertz CT molecular complexity index is 877. The first-order chi connectivity index (χ1) is 13.6. The predicted molar refractivity (Wildman–Crippen MR) is 108 cm³/mol. The first-order valence-corrected chi connectivity index (χ1v) is 9.44. The molecule has 1 heterocycles. The molecule has 0 aliphatic heterocycles. The van der Waals surface area contributed by atoms with E-state index in [9.17, 15) is 24.6 Å². The van der Waals surface area contributed by atoms with E-state index in [0.717, 1.165) is 16.5 Å². The van der Waals surface area contributed by atoms with Crippen LogP contribution in [0.15, 0.2) is 30.5 Å². The van der Waals surface area contributed by atoms with Crippen LogP contribution in [0, 0.1) is 5.92 Å². The summed E-state index contributed by atoms with van der Waals surface area (Å²) in [5, 5.41) is 24.7. The van der Waals surface area contributed by atoms with E-state index in [0.29, 0.717) is 0 Å². The number of aliphatic carboxylic acids is 1. The Labute approximate surface area is 168 Å². The zero-order valence-electron chi connectivity index (χ0n) is 16.7. The van der Waals surface area contributed by atoms with E-state index in [-0.39, 0.29) is 12.3 Å². The van der Waals surface area contributed by atoms with Crippen LogP contribution in [0.1, 0.15) is 26.3 Å². The van der Waals surface area contributed by atoms with Crippen LogP contribution in [0.2, 0.25) is 0 Å². The van der Waals surface area contributed by atoms with Crippen molar-refractivity contribution in [2.24, 2.45) is 11.7 Å². The van der Waals surface area contributed by atoms with Gasteiger partial charge in [-0.1, -0.05) is 32.0 Å². The summed E-state index contributed by atoms with van der Waals surface area (Å²) in [5.74, 6) is -2.74. The van der Waals surface area contributed by atoms with E-state index >= 15 is 0 Å². The van der Waals surface area contributed by atoms with Crippen molar-refractivity contribution in [3.05, 3.63) is 36.0 Å². The topological polar surface area (TPSA) is 158 Å². The van der Waals surface area contributed by atoms with Crippen LogP contribution >= 0.6 is 0 Å². The lowest BCUT2D eigenvalue weighted by Crippen LogP contribution is -2.57. The smallest absolute Gasteiger partial charge is 0.328 e. The van der Waals surface area contributed by atoms with E-state index in [1.165, 1.54) is 6.92 Å². The number of carbonyl (C=O) groups is 3. The third kappa shape index (κ3) is 5.55. The van der Waals surface area contributed by atoms with Crippen molar-refractivity contribution in [1.82, 2.24) is 15.6 Å². The third-order valence-electron chi connectivity index (χ3n) is 4.80. The molecule has 1 aromatic carbocycles. The molecular weight excluding hydrogens is 376 g/mol. The number of aromatic amines is 1. The number of rotatable bonds is 9. The third-order valence-corrected chi connectivity index (χ3v) is 4.80. The van der Waals surface area contributed by atoms with Gasteiger partial charge in [0.15, 0.2) is 6.04 Å². The summed E-state index contributed by atoms with van der Waals surface area (Å²) in [4.78, 5) is 39.7. The molecule has 0 spiro atoms. The maximum Gasteiger partial charge on any atom is 0.328 e. The lowest BCUT2D eigenvalue weighted by Gasteiger charge is -2.24. The van der Waals surface area contributed by atoms with Crippen molar-refractivity contribution in [3.63, 3.8) is 0 Å². The van der Waals surface area contributed by atoms with Crippen LogP contribution in [0.4, 0.5) is 0 Å². The molecule has 7 N–H and O–H groups in total. The van der Waals surface area contributed by atoms with E-state index in [4.69, 9.17) is 5.73 Å². The van der Waals surface area contributed by atoms with Crippen molar-refractivity contribution in [2.75, 3.05) is 0 Å². The van der Waals surface area contributed by atoms with Crippen molar-refractivity contribution >= 4 is 28.7 Å². The fourth-order valence-corrected chi connectivity index (χ4v) is 2.94. The molecule has 2 rings (SSSR count). The number of aliphatic hydroxyl groups excluding tert-OH is 1. The number of amides is 2. The SMILES string of the molecule is CC(C)[C@H](N)C(=O)N[C@@H](Cc1c[nH]c2ccccc12)C(=O)N[C@H](C(=O)O)[C@@H](C)O. The Morgan fingerprint density at radius 2 is 1.76 bits per heavy atom. The summed E-state index contributed by atoms with van der Waals surface area (Å²) in [5.41, 5.74) is 7.54. The molecule has 0 fully saturated rings. The zero-order chi connectivity index (χ0) is 21.7. The summed E-state index contributed by atoms with van der Waals surface area (Å²) in [7, 11) is 0. The molecule has 0 bridgehead atoms. The predicted octanol–water partition coefficient (Wildman–Crippen LogP) is 0.129. The largest absolute Gasteiger partial charge is 0.480 e. The fraction of sp³-hybridized carbons (Fsp3) is 0.450. The van der Waals surface area contributed by atoms with Gasteiger partial charge in [-0.15, -0.1) is 0 Å². The molecule has 0 unspecified atom stereocenters. The first kappa shape index (κ1) is 22.4. The van der Waals surface area contributed by atoms with Crippen molar-refractivity contribution in [1.29, 1.82) is 0 Å². The summed E-state index contributed by atoms with van der Waals surface area (Å²) in [6, 6.07) is 4.12. The number of hydrogen-bond acceptors (Lipinski definition) is 5. The number of aromatic nitrogens is 1. The maximum absolute atomic E-state index is 12.8. The highest BCUT2D eigenvalue weighted by atomic mass is 16.4. The summed E-state index contributed by atoms with van der Waals surface area (Å²) in [6.07, 6.45) is 0.556. The van der Waals surface area contributed by atoms with Gasteiger partial charge in [0.2, 0.25) is 11.8 Å². The normalized spacial score (nSPS) is 15.5. The van der Waals surface area contributed by atoms with Gasteiger partial charge < -0.3 is 31.6 Å². The number of carboxylic acids is 1. The minimum Gasteiger partial charge on any atom is -0.480 e.